The Morgan fingerprint density at radius 3 is 2.74 bits per heavy atom. The van der Waals surface area contributed by atoms with Gasteiger partial charge in [0.15, 0.2) is 4.34 Å². The van der Waals surface area contributed by atoms with Gasteiger partial charge in [0.05, 0.1) is 27.0 Å². The van der Waals surface area contributed by atoms with Crippen molar-refractivity contribution >= 4 is 50.6 Å². The summed E-state index contributed by atoms with van der Waals surface area (Å²) in [6, 6.07) is 11.7. The number of nitro benzene ring substituents is 1. The Hall–Kier alpha value is -2.65. The number of benzene rings is 2. The van der Waals surface area contributed by atoms with Crippen LogP contribution in [0.15, 0.2) is 46.8 Å². The first-order valence-corrected chi connectivity index (χ1v) is 9.91. The predicted molar refractivity (Wildman–Crippen MR) is 108 cm³/mol. The van der Waals surface area contributed by atoms with Crippen LogP contribution in [0.25, 0.3) is 10.2 Å². The van der Waals surface area contributed by atoms with Crippen LogP contribution in [0.5, 0.6) is 5.75 Å². The largest absolute Gasteiger partial charge is 0.494 e. The molecule has 0 radical (unpaired) electrons. The maximum absolute atomic E-state index is 12.4. The van der Waals surface area contributed by atoms with E-state index in [1.54, 1.807) is 37.3 Å². The van der Waals surface area contributed by atoms with Crippen LogP contribution < -0.4 is 10.1 Å². The quantitative estimate of drug-likeness (QED) is 0.348. The number of carbonyl (C=O) groups is 1. The summed E-state index contributed by atoms with van der Waals surface area (Å²) in [6.45, 7) is 4.29. The van der Waals surface area contributed by atoms with Crippen molar-refractivity contribution < 1.29 is 14.5 Å². The molecule has 7 nitrogen and oxygen atoms in total. The van der Waals surface area contributed by atoms with Gasteiger partial charge >= 0.3 is 0 Å². The van der Waals surface area contributed by atoms with E-state index in [0.717, 1.165) is 10.4 Å². The van der Waals surface area contributed by atoms with Crippen molar-refractivity contribution in [1.82, 2.24) is 4.98 Å². The third kappa shape index (κ3) is 4.75. The minimum atomic E-state index is -0.432. The zero-order chi connectivity index (χ0) is 19.4. The fourth-order valence-corrected chi connectivity index (χ4v) is 4.55. The van der Waals surface area contributed by atoms with Gasteiger partial charge in [-0.2, -0.15) is 0 Å². The Kier molecular flexibility index (Phi) is 5.92. The van der Waals surface area contributed by atoms with Crippen molar-refractivity contribution in [2.24, 2.45) is 0 Å². The minimum absolute atomic E-state index is 0.0315. The normalized spacial score (nSPS) is 11.9. The number of ether oxygens (including phenoxy) is 1. The number of carbonyl (C=O) groups excluding carboxylic acids is 1. The zero-order valence-corrected chi connectivity index (χ0v) is 16.3. The van der Waals surface area contributed by atoms with Crippen molar-refractivity contribution in [1.29, 1.82) is 0 Å². The van der Waals surface area contributed by atoms with Crippen LogP contribution in [-0.2, 0) is 4.79 Å². The summed E-state index contributed by atoms with van der Waals surface area (Å²) in [5, 5.41) is 13.4. The Balaban J connectivity index is 1.65. The van der Waals surface area contributed by atoms with Gasteiger partial charge < -0.3 is 10.1 Å². The number of amides is 1. The molecule has 3 rings (SSSR count). The minimum Gasteiger partial charge on any atom is -0.494 e. The number of nitrogens with zero attached hydrogens (tertiary/aromatic N) is 2. The van der Waals surface area contributed by atoms with Crippen molar-refractivity contribution in [2.75, 3.05) is 11.9 Å². The second-order valence-electron chi connectivity index (χ2n) is 5.60. The summed E-state index contributed by atoms with van der Waals surface area (Å²) in [6.07, 6.45) is 0. The first-order valence-electron chi connectivity index (χ1n) is 8.21. The Bertz CT molecular complexity index is 972. The number of nitro groups is 1. The lowest BCUT2D eigenvalue weighted by atomic mass is 10.3. The Morgan fingerprint density at radius 1 is 1.33 bits per heavy atom. The van der Waals surface area contributed by atoms with Gasteiger partial charge in [0.25, 0.3) is 5.69 Å². The van der Waals surface area contributed by atoms with Gasteiger partial charge in [-0.15, -0.1) is 11.3 Å². The molecule has 0 aliphatic heterocycles. The van der Waals surface area contributed by atoms with Crippen molar-refractivity contribution in [3.63, 3.8) is 0 Å². The zero-order valence-electron chi connectivity index (χ0n) is 14.7. The van der Waals surface area contributed by atoms with E-state index in [0.29, 0.717) is 22.2 Å². The van der Waals surface area contributed by atoms with Gasteiger partial charge in [0.2, 0.25) is 5.91 Å². The summed E-state index contributed by atoms with van der Waals surface area (Å²) < 4.78 is 6.80. The van der Waals surface area contributed by atoms with Crippen LogP contribution in [0.4, 0.5) is 11.4 Å². The highest BCUT2D eigenvalue weighted by Crippen LogP contribution is 2.34. The summed E-state index contributed by atoms with van der Waals surface area (Å²) in [7, 11) is 0. The molecule has 1 heterocycles. The number of non-ortho nitro benzene ring substituents is 1. The maximum atomic E-state index is 12.4. The molecule has 27 heavy (non-hydrogen) atoms. The average Bonchev–Trinajstić information content (AvgIpc) is 3.04. The molecule has 0 saturated carbocycles. The van der Waals surface area contributed by atoms with Gasteiger partial charge in [-0.1, -0.05) is 11.8 Å². The lowest BCUT2D eigenvalue weighted by Crippen LogP contribution is -2.22. The van der Waals surface area contributed by atoms with Gasteiger partial charge in [-0.3, -0.25) is 14.9 Å². The molecule has 0 bridgehead atoms. The third-order valence-electron chi connectivity index (χ3n) is 3.64. The molecule has 0 aliphatic carbocycles. The Labute approximate surface area is 163 Å². The topological polar surface area (TPSA) is 94.4 Å². The van der Waals surface area contributed by atoms with Crippen LogP contribution in [-0.4, -0.2) is 27.7 Å². The average molecular weight is 403 g/mol. The number of hydrogen-bond donors (Lipinski definition) is 1. The molecule has 140 valence electrons. The number of anilines is 1. The molecule has 0 fully saturated rings. The molecule has 2 aromatic carbocycles. The molecular formula is C18H17N3O4S2. The molecular weight excluding hydrogens is 386 g/mol. The fraction of sp³-hybridized carbons (Fsp3) is 0.222. The number of aromatic nitrogens is 1. The monoisotopic (exact) mass is 403 g/mol. The number of fused-ring (bicyclic) bond motifs is 1. The number of thioether (sulfide) groups is 1. The standard InChI is InChI=1S/C18H17N3O4S2/c1-3-25-14-7-4-12(5-8-14)19-17(22)11(2)26-18-20-15-9-6-13(21(23)24)10-16(15)27-18/h4-11H,3H2,1-2H3,(H,19,22). The van der Waals surface area contributed by atoms with Crippen molar-refractivity contribution in [3.05, 3.63) is 52.6 Å². The maximum Gasteiger partial charge on any atom is 0.270 e. The highest BCUT2D eigenvalue weighted by Gasteiger charge is 2.18. The highest BCUT2D eigenvalue weighted by atomic mass is 32.2. The van der Waals surface area contributed by atoms with E-state index in [1.807, 2.05) is 6.92 Å². The smallest absolute Gasteiger partial charge is 0.270 e. The third-order valence-corrected chi connectivity index (χ3v) is 5.85. The van der Waals surface area contributed by atoms with Crippen LogP contribution in [0.3, 0.4) is 0 Å². The molecule has 0 aliphatic rings. The first kappa shape index (κ1) is 19.1. The predicted octanol–water partition coefficient (Wildman–Crippen LogP) is 4.72. The van der Waals surface area contributed by atoms with Crippen LogP contribution in [0.1, 0.15) is 13.8 Å². The Morgan fingerprint density at radius 2 is 2.07 bits per heavy atom. The molecule has 0 saturated heterocycles. The second kappa shape index (κ2) is 8.36. The summed E-state index contributed by atoms with van der Waals surface area (Å²) in [5.74, 6) is 0.607. The molecule has 1 unspecified atom stereocenters. The molecule has 9 heteroatoms. The van der Waals surface area contributed by atoms with E-state index >= 15 is 0 Å². The molecule has 1 amide bonds. The van der Waals surface area contributed by atoms with Crippen LogP contribution >= 0.6 is 23.1 Å². The summed E-state index contributed by atoms with van der Waals surface area (Å²) >= 11 is 2.66. The van der Waals surface area contributed by atoms with Crippen molar-refractivity contribution in [3.8, 4) is 5.75 Å². The van der Waals surface area contributed by atoms with Crippen LogP contribution in [0.2, 0.25) is 0 Å². The van der Waals surface area contributed by atoms with E-state index < -0.39 is 4.92 Å². The molecule has 1 atom stereocenters. The van der Waals surface area contributed by atoms with E-state index in [4.69, 9.17) is 4.74 Å². The second-order valence-corrected chi connectivity index (χ2v) is 8.21. The van der Waals surface area contributed by atoms with Gasteiger partial charge in [-0.05, 0) is 44.2 Å². The highest BCUT2D eigenvalue weighted by molar-refractivity contribution is 8.02. The fourth-order valence-electron chi connectivity index (χ4n) is 2.31. The lowest BCUT2D eigenvalue weighted by Gasteiger charge is -2.11. The van der Waals surface area contributed by atoms with Crippen molar-refractivity contribution in [2.45, 2.75) is 23.4 Å². The molecule has 1 aromatic heterocycles. The number of hydrogen-bond acceptors (Lipinski definition) is 7. The van der Waals surface area contributed by atoms with E-state index in [2.05, 4.69) is 10.3 Å². The van der Waals surface area contributed by atoms with E-state index in [-0.39, 0.29) is 16.8 Å². The van der Waals surface area contributed by atoms with Gasteiger partial charge in [0.1, 0.15) is 5.75 Å². The summed E-state index contributed by atoms with van der Waals surface area (Å²) in [5.41, 5.74) is 1.41. The van der Waals surface area contributed by atoms with E-state index in [1.165, 1.54) is 35.2 Å². The molecule has 1 N–H and O–H groups in total. The van der Waals surface area contributed by atoms with Gasteiger partial charge in [0, 0.05) is 17.8 Å². The summed E-state index contributed by atoms with van der Waals surface area (Å²) in [4.78, 5) is 27.3. The number of nitrogens with one attached hydrogen (secondary N) is 1. The number of thiazole rings is 1. The van der Waals surface area contributed by atoms with E-state index in [9.17, 15) is 14.9 Å². The number of rotatable bonds is 7. The molecule has 0 spiro atoms. The lowest BCUT2D eigenvalue weighted by molar-refractivity contribution is -0.384. The van der Waals surface area contributed by atoms with Gasteiger partial charge in [-0.25, -0.2) is 4.98 Å². The SMILES string of the molecule is CCOc1ccc(NC(=O)C(C)Sc2nc3ccc([N+](=O)[O-])cc3s2)cc1. The van der Waals surface area contributed by atoms with Crippen LogP contribution in [0, 0.1) is 10.1 Å². The first-order chi connectivity index (χ1) is 13.0. The molecule has 3 aromatic rings.